The van der Waals surface area contributed by atoms with E-state index in [0.717, 1.165) is 0 Å². The molecule has 0 radical (unpaired) electrons. The lowest BCUT2D eigenvalue weighted by molar-refractivity contribution is 0.0923. The summed E-state index contributed by atoms with van der Waals surface area (Å²) in [6.07, 6.45) is 0.386. The summed E-state index contributed by atoms with van der Waals surface area (Å²) in [7, 11) is -3.92. The number of Topliss-reactive ketones (excluding diaryl/α,β-unsaturated/α-hetero) is 3. The van der Waals surface area contributed by atoms with Crippen LogP contribution in [0.15, 0.2) is 34.1 Å². The van der Waals surface area contributed by atoms with E-state index in [-0.39, 0.29) is 41.1 Å². The monoisotopic (exact) mass is 429 g/mol. The molecule has 1 heterocycles. The van der Waals surface area contributed by atoms with Crippen LogP contribution in [-0.2, 0) is 15.3 Å². The molecule has 0 saturated heterocycles. The van der Waals surface area contributed by atoms with E-state index in [4.69, 9.17) is 0 Å². The lowest BCUT2D eigenvalue weighted by Gasteiger charge is -2.43. The summed E-state index contributed by atoms with van der Waals surface area (Å²) < 4.78 is 24.9. The molecule has 0 aromatic heterocycles. The fourth-order valence-corrected chi connectivity index (χ4v) is 6.50. The third kappa shape index (κ3) is 2.30. The maximum Gasteiger partial charge on any atom is 0.227 e. The Hall–Kier alpha value is -2.78. The van der Waals surface area contributed by atoms with Gasteiger partial charge in [0.25, 0.3) is 0 Å². The second-order valence-corrected chi connectivity index (χ2v) is 10.5. The van der Waals surface area contributed by atoms with E-state index in [1.165, 1.54) is 12.1 Å². The van der Waals surface area contributed by atoms with Crippen molar-refractivity contribution in [1.29, 1.82) is 0 Å². The van der Waals surface area contributed by atoms with Gasteiger partial charge in [-0.1, -0.05) is 6.92 Å². The van der Waals surface area contributed by atoms with Gasteiger partial charge in [-0.3, -0.25) is 14.4 Å². The van der Waals surface area contributed by atoms with E-state index in [1.54, 1.807) is 0 Å². The van der Waals surface area contributed by atoms with Gasteiger partial charge in [0, 0.05) is 28.7 Å². The van der Waals surface area contributed by atoms with Crippen LogP contribution in [0.1, 0.15) is 62.8 Å². The minimum absolute atomic E-state index is 0.0370. The van der Waals surface area contributed by atoms with E-state index in [9.17, 15) is 33.0 Å². The van der Waals surface area contributed by atoms with Gasteiger partial charge in [0.2, 0.25) is 17.3 Å². The van der Waals surface area contributed by atoms with E-state index < -0.39 is 49.4 Å². The predicted molar refractivity (Wildman–Crippen MR) is 105 cm³/mol. The molecule has 4 aliphatic rings. The molecule has 2 atom stereocenters. The highest BCUT2D eigenvalue weighted by Gasteiger charge is 2.48. The Bertz CT molecular complexity index is 1250. The topological polar surface area (TPSA) is 138 Å². The number of nitrogens with one attached hydrogen (secondary N) is 1. The van der Waals surface area contributed by atoms with Crippen molar-refractivity contribution in [2.24, 2.45) is 0 Å². The first-order valence-corrected chi connectivity index (χ1v) is 11.4. The quantitative estimate of drug-likeness (QED) is 0.558. The molecule has 0 bridgehead atoms. The Morgan fingerprint density at radius 3 is 2.50 bits per heavy atom. The largest absolute Gasteiger partial charge is 0.504 e. The van der Waals surface area contributed by atoms with Crippen molar-refractivity contribution in [2.45, 2.75) is 37.7 Å². The Kier molecular flexibility index (Phi) is 3.77. The number of carbonyl (C=O) groups is 3. The highest BCUT2D eigenvalue weighted by molar-refractivity contribution is 7.96. The van der Waals surface area contributed by atoms with Crippen LogP contribution in [0.25, 0.3) is 0 Å². The normalized spacial score (nSPS) is 29.7. The van der Waals surface area contributed by atoms with Gasteiger partial charge in [0.15, 0.2) is 15.6 Å². The molecule has 1 aromatic rings. The number of benzene rings is 1. The highest BCUT2D eigenvalue weighted by Crippen LogP contribution is 2.50. The molecule has 0 spiro atoms. The summed E-state index contributed by atoms with van der Waals surface area (Å²) in [4.78, 5) is 38.5. The molecule has 30 heavy (non-hydrogen) atoms. The van der Waals surface area contributed by atoms with E-state index in [2.05, 4.69) is 5.32 Å². The molecule has 3 N–H and O–H groups in total. The molecular weight excluding hydrogens is 410 g/mol. The average Bonchev–Trinajstić information content (AvgIpc) is 2.70. The van der Waals surface area contributed by atoms with Gasteiger partial charge in [-0.15, -0.1) is 0 Å². The molecule has 0 amide bonds. The number of allylic oxidation sites excluding steroid dienone is 3. The Balaban J connectivity index is 1.76. The number of sulfone groups is 1. The maximum absolute atomic E-state index is 13.1. The number of fused-ring (bicyclic) bond motifs is 4. The fraction of sp³-hybridized carbons (Fsp3) is 0.381. The minimum Gasteiger partial charge on any atom is -0.504 e. The average molecular weight is 429 g/mol. The molecule has 156 valence electrons. The number of aliphatic hydroxyl groups excluding tert-OH is 2. The van der Waals surface area contributed by atoms with Crippen molar-refractivity contribution in [2.75, 3.05) is 12.3 Å². The van der Waals surface area contributed by atoms with Crippen molar-refractivity contribution in [3.8, 4) is 0 Å². The number of carbonyl (C=O) groups excluding carboxylic acids is 3. The van der Waals surface area contributed by atoms with Crippen LogP contribution in [0.4, 0.5) is 0 Å². The summed E-state index contributed by atoms with van der Waals surface area (Å²) >= 11 is 0. The summed E-state index contributed by atoms with van der Waals surface area (Å²) in [5, 5.41) is 23.3. The number of hydrogen-bond donors (Lipinski definition) is 3. The van der Waals surface area contributed by atoms with Crippen LogP contribution in [-0.4, -0.2) is 54.4 Å². The molecule has 1 saturated carbocycles. The molecule has 9 heteroatoms. The third-order valence-electron chi connectivity index (χ3n) is 6.71. The Labute approximate surface area is 172 Å². The standard InChI is InChI=1S/C21H19NO7S/c1-21-3-2-9(23)6-14(21)19(27)17(25)12-7-10-11(8-13(12)21)16(24)15-20(18(10)26)30(28,29)5-4-22-15/h7-9,22-23,27H,2-6H2,1H3/t9-,21-/m0/s1. The van der Waals surface area contributed by atoms with Crippen LogP contribution >= 0.6 is 0 Å². The van der Waals surface area contributed by atoms with Crippen molar-refractivity contribution in [3.63, 3.8) is 0 Å². The Morgan fingerprint density at radius 2 is 1.77 bits per heavy atom. The van der Waals surface area contributed by atoms with Crippen molar-refractivity contribution in [3.05, 3.63) is 56.3 Å². The summed E-state index contributed by atoms with van der Waals surface area (Å²) in [6, 6.07) is 2.73. The fourth-order valence-electron chi connectivity index (χ4n) is 5.05. The highest BCUT2D eigenvalue weighted by atomic mass is 32.2. The predicted octanol–water partition coefficient (Wildman–Crippen LogP) is 1.11. The van der Waals surface area contributed by atoms with Gasteiger partial charge >= 0.3 is 0 Å². The summed E-state index contributed by atoms with van der Waals surface area (Å²) in [5.41, 5.74) is -0.0758. The van der Waals surface area contributed by atoms with Gasteiger partial charge in [-0.25, -0.2) is 8.42 Å². The van der Waals surface area contributed by atoms with Gasteiger partial charge in [0.05, 0.1) is 11.9 Å². The van der Waals surface area contributed by atoms with Gasteiger partial charge in [-0.2, -0.15) is 0 Å². The smallest absolute Gasteiger partial charge is 0.227 e. The number of aliphatic hydroxyl groups is 2. The summed E-state index contributed by atoms with van der Waals surface area (Å²) in [5.74, 6) is -2.86. The van der Waals surface area contributed by atoms with Crippen LogP contribution in [0, 0.1) is 0 Å². The lowest BCUT2D eigenvalue weighted by atomic mass is 9.61. The second kappa shape index (κ2) is 5.89. The zero-order chi connectivity index (χ0) is 21.6. The van der Waals surface area contributed by atoms with Crippen LogP contribution in [0.3, 0.4) is 0 Å². The van der Waals surface area contributed by atoms with Crippen LogP contribution in [0.5, 0.6) is 0 Å². The first kappa shape index (κ1) is 19.2. The lowest BCUT2D eigenvalue weighted by Crippen LogP contribution is -2.43. The second-order valence-electron chi connectivity index (χ2n) is 8.44. The first-order chi connectivity index (χ1) is 14.1. The van der Waals surface area contributed by atoms with Crippen LogP contribution in [0.2, 0.25) is 0 Å². The van der Waals surface area contributed by atoms with Gasteiger partial charge < -0.3 is 15.5 Å². The number of ketones is 3. The number of hydrogen-bond acceptors (Lipinski definition) is 8. The third-order valence-corrected chi connectivity index (χ3v) is 8.47. The van der Waals surface area contributed by atoms with E-state index in [0.29, 0.717) is 24.0 Å². The molecule has 3 aliphatic carbocycles. The first-order valence-electron chi connectivity index (χ1n) is 9.70. The SMILES string of the molecule is C[C@@]12CC[C@H](O)CC1=C(O)C(=O)c1cc3c(cc12)C(=O)C1=C(C3=O)S(=O)(=O)CCN1. The zero-order valence-corrected chi connectivity index (χ0v) is 16.9. The molecule has 0 unspecified atom stereocenters. The Morgan fingerprint density at radius 1 is 1.07 bits per heavy atom. The molecule has 1 fully saturated rings. The zero-order valence-electron chi connectivity index (χ0n) is 16.1. The minimum atomic E-state index is -3.92. The molecule has 1 aliphatic heterocycles. The molecular formula is C21H19NO7S. The van der Waals surface area contributed by atoms with Crippen molar-refractivity contribution >= 4 is 27.2 Å². The van der Waals surface area contributed by atoms with Crippen LogP contribution < -0.4 is 5.32 Å². The molecule has 8 nitrogen and oxygen atoms in total. The van der Waals surface area contributed by atoms with E-state index >= 15 is 0 Å². The number of rotatable bonds is 0. The van der Waals surface area contributed by atoms with Crippen molar-refractivity contribution < 1.29 is 33.0 Å². The summed E-state index contributed by atoms with van der Waals surface area (Å²) in [6.45, 7) is 1.88. The van der Waals surface area contributed by atoms with Gasteiger partial charge in [0.1, 0.15) is 10.6 Å². The van der Waals surface area contributed by atoms with Gasteiger partial charge in [-0.05, 0) is 42.5 Å². The molecule has 1 aromatic carbocycles. The van der Waals surface area contributed by atoms with E-state index in [1.807, 2.05) is 6.92 Å². The molecule has 5 rings (SSSR count). The maximum atomic E-state index is 13.1. The van der Waals surface area contributed by atoms with Crippen molar-refractivity contribution in [1.82, 2.24) is 5.32 Å².